The molecule has 0 aliphatic rings. The molecule has 0 atom stereocenters. The van der Waals surface area contributed by atoms with Gasteiger partial charge in [-0.15, -0.1) is 0 Å². The van der Waals surface area contributed by atoms with E-state index in [9.17, 15) is 13.7 Å². The lowest BCUT2D eigenvalue weighted by atomic mass is 10.2. The fraction of sp³-hybridized carbons (Fsp3) is 0.118. The van der Waals surface area contributed by atoms with Crippen LogP contribution in [0.1, 0.15) is 11.1 Å². The minimum absolute atomic E-state index is 0.206. The van der Waals surface area contributed by atoms with Gasteiger partial charge in [0.25, 0.3) is 0 Å². The Kier molecular flexibility index (Phi) is 4.97. The average Bonchev–Trinajstić information content (AvgIpc) is 2.53. The van der Waals surface area contributed by atoms with Gasteiger partial charge < -0.3 is 4.74 Å². The van der Waals surface area contributed by atoms with E-state index in [1.165, 1.54) is 13.2 Å². The van der Waals surface area contributed by atoms with Crippen LogP contribution in [0.4, 0.5) is 0 Å². The van der Waals surface area contributed by atoms with E-state index in [0.717, 1.165) is 0 Å². The van der Waals surface area contributed by atoms with E-state index in [1.54, 1.807) is 54.6 Å². The zero-order valence-electron chi connectivity index (χ0n) is 12.1. The fourth-order valence-corrected chi connectivity index (χ4v) is 3.22. The average molecular weight is 313 g/mol. The maximum atomic E-state index is 12.4. The molecule has 112 valence electrons. The number of sulfone groups is 1. The summed E-state index contributed by atoms with van der Waals surface area (Å²) in [5.74, 6) is 0.313. The predicted molar refractivity (Wildman–Crippen MR) is 85.6 cm³/mol. The van der Waals surface area contributed by atoms with Gasteiger partial charge in [-0.05, 0) is 17.7 Å². The molecule has 0 fully saturated rings. The zero-order chi connectivity index (χ0) is 16.0. The summed E-state index contributed by atoms with van der Waals surface area (Å²) in [5.41, 5.74) is 1.20. The normalized spacial score (nSPS) is 11.7. The van der Waals surface area contributed by atoms with Crippen molar-refractivity contribution in [2.24, 2.45) is 0 Å². The molecule has 2 aromatic carbocycles. The Morgan fingerprint density at radius 2 is 1.77 bits per heavy atom. The van der Waals surface area contributed by atoms with Crippen molar-refractivity contribution in [2.45, 2.75) is 5.75 Å². The topological polar surface area (TPSA) is 67.2 Å². The summed E-state index contributed by atoms with van der Waals surface area (Å²) in [5, 5.41) is 9.23. The van der Waals surface area contributed by atoms with Gasteiger partial charge in [0.2, 0.25) is 0 Å². The van der Waals surface area contributed by atoms with E-state index in [-0.39, 0.29) is 10.7 Å². The van der Waals surface area contributed by atoms with Crippen molar-refractivity contribution in [1.82, 2.24) is 0 Å². The monoisotopic (exact) mass is 313 g/mol. The molecule has 0 N–H and O–H groups in total. The summed E-state index contributed by atoms with van der Waals surface area (Å²) < 4.78 is 30.0. The smallest absolute Gasteiger partial charge is 0.192 e. The Morgan fingerprint density at radius 3 is 2.41 bits per heavy atom. The van der Waals surface area contributed by atoms with Crippen molar-refractivity contribution in [2.75, 3.05) is 7.11 Å². The number of benzene rings is 2. The van der Waals surface area contributed by atoms with Crippen LogP contribution in [0.15, 0.2) is 59.5 Å². The van der Waals surface area contributed by atoms with Gasteiger partial charge in [0.15, 0.2) is 9.84 Å². The summed E-state index contributed by atoms with van der Waals surface area (Å²) in [4.78, 5) is -0.277. The third-order valence-corrected chi connectivity index (χ3v) is 4.66. The number of hydrogen-bond donors (Lipinski definition) is 0. The Hall–Kier alpha value is -2.58. The molecule has 2 rings (SSSR count). The molecule has 0 aliphatic carbocycles. The standard InChI is InChI=1S/C17H15NO3S/c1-21-17-10-6-5-9-15(17)11-16(12-18)22(19,20)13-14-7-3-2-4-8-14/h2-11H,13H2,1H3/b16-11-. The number of nitrogens with zero attached hydrogens (tertiary/aromatic N) is 1. The second kappa shape index (κ2) is 6.92. The molecule has 0 unspecified atom stereocenters. The molecule has 2 aromatic rings. The van der Waals surface area contributed by atoms with Crippen LogP contribution in [0.3, 0.4) is 0 Å². The number of para-hydroxylation sites is 1. The van der Waals surface area contributed by atoms with Crippen molar-refractivity contribution in [3.8, 4) is 11.8 Å². The summed E-state index contributed by atoms with van der Waals surface area (Å²) in [6.07, 6.45) is 1.34. The minimum atomic E-state index is -3.70. The Bertz CT molecular complexity index is 818. The first-order valence-corrected chi connectivity index (χ1v) is 8.23. The predicted octanol–water partition coefficient (Wildman–Crippen LogP) is 3.17. The lowest BCUT2D eigenvalue weighted by Gasteiger charge is -2.06. The van der Waals surface area contributed by atoms with E-state index in [2.05, 4.69) is 0 Å². The first-order valence-electron chi connectivity index (χ1n) is 6.58. The number of ether oxygens (including phenoxy) is 1. The molecule has 0 aliphatic heterocycles. The molecule has 22 heavy (non-hydrogen) atoms. The van der Waals surface area contributed by atoms with Crippen LogP contribution >= 0.6 is 0 Å². The largest absolute Gasteiger partial charge is 0.496 e. The van der Waals surface area contributed by atoms with Crippen molar-refractivity contribution in [3.05, 3.63) is 70.6 Å². The van der Waals surface area contributed by atoms with E-state index in [1.807, 2.05) is 6.07 Å². The van der Waals surface area contributed by atoms with Gasteiger partial charge in [-0.1, -0.05) is 48.5 Å². The van der Waals surface area contributed by atoms with E-state index in [4.69, 9.17) is 4.74 Å². The second-order valence-electron chi connectivity index (χ2n) is 4.61. The van der Waals surface area contributed by atoms with Crippen LogP contribution in [-0.4, -0.2) is 15.5 Å². The molecule has 0 amide bonds. The van der Waals surface area contributed by atoms with Crippen LogP contribution in [0.2, 0.25) is 0 Å². The molecule has 0 saturated carbocycles. The van der Waals surface area contributed by atoms with Crippen LogP contribution in [0.5, 0.6) is 5.75 Å². The summed E-state index contributed by atoms with van der Waals surface area (Å²) in [6.45, 7) is 0. The van der Waals surface area contributed by atoms with Crippen molar-refractivity contribution in [3.63, 3.8) is 0 Å². The summed E-state index contributed by atoms with van der Waals surface area (Å²) in [7, 11) is -2.21. The number of rotatable bonds is 5. The van der Waals surface area contributed by atoms with Crippen LogP contribution in [-0.2, 0) is 15.6 Å². The molecule has 0 aromatic heterocycles. The second-order valence-corrected chi connectivity index (χ2v) is 6.57. The number of hydrogen-bond acceptors (Lipinski definition) is 4. The van der Waals surface area contributed by atoms with Gasteiger partial charge in [-0.3, -0.25) is 0 Å². The highest BCUT2D eigenvalue weighted by Gasteiger charge is 2.19. The fourth-order valence-electron chi connectivity index (χ4n) is 1.99. The number of nitriles is 1. The number of methoxy groups -OCH3 is 1. The first kappa shape index (κ1) is 15.8. The first-order chi connectivity index (χ1) is 10.6. The van der Waals surface area contributed by atoms with Gasteiger partial charge in [-0.25, -0.2) is 8.42 Å². The lowest BCUT2D eigenvalue weighted by molar-refractivity contribution is 0.414. The molecule has 0 heterocycles. The van der Waals surface area contributed by atoms with E-state index < -0.39 is 9.84 Å². The van der Waals surface area contributed by atoms with Crippen LogP contribution < -0.4 is 4.74 Å². The Labute approximate surface area is 130 Å². The highest BCUT2D eigenvalue weighted by atomic mass is 32.2. The molecule has 0 saturated heterocycles. The molecule has 5 heteroatoms. The Balaban J connectivity index is 2.39. The van der Waals surface area contributed by atoms with Crippen LogP contribution in [0.25, 0.3) is 6.08 Å². The third kappa shape index (κ3) is 3.74. The van der Waals surface area contributed by atoms with Gasteiger partial charge in [0, 0.05) is 5.56 Å². The highest BCUT2D eigenvalue weighted by molar-refractivity contribution is 7.95. The SMILES string of the molecule is COc1ccccc1/C=C(/C#N)S(=O)(=O)Cc1ccccc1. The number of allylic oxidation sites excluding steroid dienone is 1. The highest BCUT2D eigenvalue weighted by Crippen LogP contribution is 2.23. The van der Waals surface area contributed by atoms with Crippen molar-refractivity contribution < 1.29 is 13.2 Å². The molecule has 0 spiro atoms. The van der Waals surface area contributed by atoms with Gasteiger partial charge in [0.1, 0.15) is 16.7 Å². The van der Waals surface area contributed by atoms with Crippen molar-refractivity contribution in [1.29, 1.82) is 5.26 Å². The third-order valence-electron chi connectivity index (χ3n) is 3.07. The quantitative estimate of drug-likeness (QED) is 0.795. The summed E-state index contributed by atoms with van der Waals surface area (Å²) in [6, 6.07) is 17.5. The molecule has 0 radical (unpaired) electrons. The minimum Gasteiger partial charge on any atom is -0.496 e. The van der Waals surface area contributed by atoms with E-state index in [0.29, 0.717) is 16.9 Å². The van der Waals surface area contributed by atoms with Crippen LogP contribution in [0, 0.1) is 11.3 Å². The van der Waals surface area contributed by atoms with E-state index >= 15 is 0 Å². The van der Waals surface area contributed by atoms with Gasteiger partial charge >= 0.3 is 0 Å². The molecular formula is C17H15NO3S. The zero-order valence-corrected chi connectivity index (χ0v) is 12.9. The maximum Gasteiger partial charge on any atom is 0.192 e. The van der Waals surface area contributed by atoms with Crippen molar-refractivity contribution >= 4 is 15.9 Å². The van der Waals surface area contributed by atoms with Gasteiger partial charge in [0.05, 0.1) is 12.9 Å². The maximum absolute atomic E-state index is 12.4. The molecular weight excluding hydrogens is 298 g/mol. The molecule has 4 nitrogen and oxygen atoms in total. The molecule has 0 bridgehead atoms. The lowest BCUT2D eigenvalue weighted by Crippen LogP contribution is -2.06. The Morgan fingerprint density at radius 1 is 1.14 bits per heavy atom. The van der Waals surface area contributed by atoms with Gasteiger partial charge in [-0.2, -0.15) is 5.26 Å². The summed E-state index contributed by atoms with van der Waals surface area (Å²) >= 11 is 0.